The van der Waals surface area contributed by atoms with Gasteiger partial charge in [-0.3, -0.25) is 4.90 Å². The lowest BCUT2D eigenvalue weighted by molar-refractivity contribution is 0.244. The van der Waals surface area contributed by atoms with Crippen LogP contribution < -0.4 is 10.2 Å². The van der Waals surface area contributed by atoms with E-state index in [4.69, 9.17) is 4.52 Å². The van der Waals surface area contributed by atoms with Gasteiger partial charge in [0.2, 0.25) is 5.82 Å². The average molecular weight is 487 g/mol. The Morgan fingerprint density at radius 1 is 0.971 bits per heavy atom. The molecule has 176 valence electrons. The second kappa shape index (κ2) is 9.38. The summed E-state index contributed by atoms with van der Waals surface area (Å²) in [7, 11) is 0. The topological polar surface area (TPSA) is 71.3 Å². The number of amides is 2. The van der Waals surface area contributed by atoms with Gasteiger partial charge in [0, 0.05) is 16.2 Å². The molecule has 1 atom stereocenters. The first kappa shape index (κ1) is 22.9. The minimum absolute atomic E-state index is 0.309. The number of aryl methyl sites for hydroxylation is 1. The lowest BCUT2D eigenvalue weighted by atomic mass is 9.94. The molecule has 5 rings (SSSR count). The molecule has 4 aromatic rings. The average Bonchev–Trinajstić information content (AvgIpc) is 3.35. The highest BCUT2D eigenvalue weighted by molar-refractivity contribution is 7.98. The van der Waals surface area contributed by atoms with Crippen LogP contribution in [0.2, 0.25) is 0 Å². The number of nitrogens with zero attached hydrogens (tertiary/aromatic N) is 3. The molecule has 1 N–H and O–H groups in total. The summed E-state index contributed by atoms with van der Waals surface area (Å²) in [5.74, 6) is 0.394. The smallest absolute Gasteiger partial charge is 0.326 e. The molecule has 1 unspecified atom stereocenters. The molecule has 2 heterocycles. The Labute approximate surface area is 206 Å². The van der Waals surface area contributed by atoms with Crippen LogP contribution in [-0.4, -0.2) is 22.4 Å². The Kier molecular flexibility index (Phi) is 6.13. The maximum Gasteiger partial charge on any atom is 0.326 e. The number of hydrogen-bond donors (Lipinski definition) is 1. The zero-order valence-corrected chi connectivity index (χ0v) is 20.3. The van der Waals surface area contributed by atoms with Gasteiger partial charge in [0.25, 0.3) is 5.89 Å². The highest BCUT2D eigenvalue weighted by Crippen LogP contribution is 2.39. The zero-order valence-electron chi connectivity index (χ0n) is 19.4. The van der Waals surface area contributed by atoms with E-state index >= 15 is 0 Å². The molecule has 1 aromatic heterocycles. The largest absolute Gasteiger partial charge is 0.334 e. The third-order valence-electron chi connectivity index (χ3n) is 5.98. The zero-order chi connectivity index (χ0) is 24.5. The molecule has 0 radical (unpaired) electrons. The van der Waals surface area contributed by atoms with Crippen LogP contribution in [0.4, 0.5) is 14.9 Å². The first-order valence-electron chi connectivity index (χ1n) is 11.1. The Hall–Kier alpha value is -3.91. The van der Waals surface area contributed by atoms with Crippen molar-refractivity contribution >= 4 is 29.1 Å². The molecule has 0 bridgehead atoms. The molecular weight excluding hydrogens is 463 g/mol. The number of thioether (sulfide) groups is 1. The van der Waals surface area contributed by atoms with Crippen molar-refractivity contribution in [3.8, 4) is 11.4 Å². The standard InChI is InChI=1S/C27H23FN4O2S/c1-16-4-6-19(7-5-16)25-30-26(34-31-25)23-17(2)32(21-12-10-20(28)11-13-21)27(33)29-24(23)18-8-14-22(35-3)15-9-18/h4-15,24H,1-3H3,(H,29,33). The Bertz CT molecular complexity index is 1400. The summed E-state index contributed by atoms with van der Waals surface area (Å²) in [6, 6.07) is 20.8. The van der Waals surface area contributed by atoms with Gasteiger partial charge in [-0.25, -0.2) is 9.18 Å². The summed E-state index contributed by atoms with van der Waals surface area (Å²) < 4.78 is 19.3. The number of hydrogen-bond acceptors (Lipinski definition) is 5. The fourth-order valence-corrected chi connectivity index (χ4v) is 4.53. The van der Waals surface area contributed by atoms with E-state index in [9.17, 15) is 9.18 Å². The first-order chi connectivity index (χ1) is 16.9. The van der Waals surface area contributed by atoms with Gasteiger partial charge in [-0.1, -0.05) is 47.1 Å². The molecule has 0 fully saturated rings. The van der Waals surface area contributed by atoms with Crippen LogP contribution in [-0.2, 0) is 0 Å². The summed E-state index contributed by atoms with van der Waals surface area (Å²) >= 11 is 1.64. The number of carbonyl (C=O) groups excluding carboxylic acids is 1. The Balaban J connectivity index is 1.63. The predicted octanol–water partition coefficient (Wildman–Crippen LogP) is 6.61. The number of benzene rings is 3. The van der Waals surface area contributed by atoms with E-state index in [0.29, 0.717) is 28.7 Å². The molecule has 8 heteroatoms. The van der Waals surface area contributed by atoms with Crippen molar-refractivity contribution in [2.45, 2.75) is 24.8 Å². The highest BCUT2D eigenvalue weighted by atomic mass is 32.2. The van der Waals surface area contributed by atoms with Gasteiger partial charge in [-0.15, -0.1) is 11.8 Å². The minimum Gasteiger partial charge on any atom is -0.334 e. The van der Waals surface area contributed by atoms with E-state index < -0.39 is 6.04 Å². The maximum absolute atomic E-state index is 13.6. The third-order valence-corrected chi connectivity index (χ3v) is 6.73. The number of anilines is 1. The summed E-state index contributed by atoms with van der Waals surface area (Å²) in [4.78, 5) is 20.5. The molecule has 35 heavy (non-hydrogen) atoms. The number of halogens is 1. The first-order valence-corrected chi connectivity index (χ1v) is 12.3. The van der Waals surface area contributed by atoms with Crippen molar-refractivity contribution < 1.29 is 13.7 Å². The van der Waals surface area contributed by atoms with Crippen molar-refractivity contribution in [1.82, 2.24) is 15.5 Å². The normalized spacial score (nSPS) is 15.9. The fourth-order valence-electron chi connectivity index (χ4n) is 4.12. The number of carbonyl (C=O) groups is 1. The number of urea groups is 1. The summed E-state index contributed by atoms with van der Waals surface area (Å²) in [5, 5.41) is 7.27. The van der Waals surface area contributed by atoms with Crippen LogP contribution in [0.3, 0.4) is 0 Å². The van der Waals surface area contributed by atoms with Crippen molar-refractivity contribution in [3.05, 3.63) is 101 Å². The molecular formula is C27H23FN4O2S. The number of nitrogens with one attached hydrogen (secondary N) is 1. The molecule has 0 saturated carbocycles. The van der Waals surface area contributed by atoms with Gasteiger partial charge in [-0.05, 0) is 62.1 Å². The molecule has 2 amide bonds. The monoisotopic (exact) mass is 486 g/mol. The fraction of sp³-hybridized carbons (Fsp3) is 0.148. The van der Waals surface area contributed by atoms with Crippen LogP contribution in [0.1, 0.15) is 30.0 Å². The summed E-state index contributed by atoms with van der Waals surface area (Å²) in [5.41, 5.74) is 4.69. The SMILES string of the molecule is CSc1ccc(C2NC(=O)N(c3ccc(F)cc3)C(C)=C2c2nc(-c3ccc(C)cc3)no2)cc1. The lowest BCUT2D eigenvalue weighted by Crippen LogP contribution is -2.46. The van der Waals surface area contributed by atoms with Crippen LogP contribution in [0.25, 0.3) is 17.0 Å². The van der Waals surface area contributed by atoms with Crippen molar-refractivity contribution in [2.75, 3.05) is 11.2 Å². The van der Waals surface area contributed by atoms with Crippen LogP contribution in [0.15, 0.2) is 87.9 Å². The van der Waals surface area contributed by atoms with E-state index in [0.717, 1.165) is 21.6 Å². The summed E-state index contributed by atoms with van der Waals surface area (Å²) in [6.45, 7) is 3.84. The molecule has 3 aromatic carbocycles. The van der Waals surface area contributed by atoms with Crippen molar-refractivity contribution in [1.29, 1.82) is 0 Å². The highest BCUT2D eigenvalue weighted by Gasteiger charge is 2.36. The van der Waals surface area contributed by atoms with Gasteiger partial charge in [0.15, 0.2) is 0 Å². The third kappa shape index (κ3) is 4.44. The lowest BCUT2D eigenvalue weighted by Gasteiger charge is -2.35. The molecule has 0 aliphatic carbocycles. The van der Waals surface area contributed by atoms with Gasteiger partial charge in [0.05, 0.1) is 17.3 Å². The van der Waals surface area contributed by atoms with E-state index in [1.165, 1.54) is 17.0 Å². The van der Waals surface area contributed by atoms with E-state index in [2.05, 4.69) is 15.5 Å². The van der Waals surface area contributed by atoms with E-state index in [-0.39, 0.29) is 11.8 Å². The molecule has 1 aliphatic heterocycles. The summed E-state index contributed by atoms with van der Waals surface area (Å²) in [6.07, 6.45) is 2.01. The van der Waals surface area contributed by atoms with Gasteiger partial charge in [0.1, 0.15) is 5.82 Å². The molecule has 6 nitrogen and oxygen atoms in total. The van der Waals surface area contributed by atoms with E-state index in [1.807, 2.05) is 68.6 Å². The van der Waals surface area contributed by atoms with Gasteiger partial charge in [-0.2, -0.15) is 4.98 Å². The van der Waals surface area contributed by atoms with Crippen molar-refractivity contribution in [2.24, 2.45) is 0 Å². The second-order valence-corrected chi connectivity index (χ2v) is 9.14. The second-order valence-electron chi connectivity index (χ2n) is 8.26. The Morgan fingerprint density at radius 2 is 1.66 bits per heavy atom. The number of aromatic nitrogens is 2. The van der Waals surface area contributed by atoms with E-state index in [1.54, 1.807) is 23.9 Å². The van der Waals surface area contributed by atoms with Crippen LogP contribution in [0, 0.1) is 12.7 Å². The van der Waals surface area contributed by atoms with Crippen molar-refractivity contribution in [3.63, 3.8) is 0 Å². The maximum atomic E-state index is 13.6. The number of rotatable bonds is 5. The van der Waals surface area contributed by atoms with Crippen LogP contribution >= 0.6 is 11.8 Å². The van der Waals surface area contributed by atoms with Gasteiger partial charge < -0.3 is 9.84 Å². The van der Waals surface area contributed by atoms with Gasteiger partial charge >= 0.3 is 6.03 Å². The van der Waals surface area contributed by atoms with Crippen LogP contribution in [0.5, 0.6) is 0 Å². The molecule has 1 aliphatic rings. The minimum atomic E-state index is -0.499. The predicted molar refractivity (Wildman–Crippen MR) is 135 cm³/mol. The quantitative estimate of drug-likeness (QED) is 0.322. The molecule has 0 spiro atoms. The Morgan fingerprint density at radius 3 is 2.31 bits per heavy atom. The number of allylic oxidation sites excluding steroid dienone is 1. The molecule has 0 saturated heterocycles.